The number of hydrogen-bond acceptors (Lipinski definition) is 3. The number of piperidine rings is 1. The van der Waals surface area contributed by atoms with E-state index in [-0.39, 0.29) is 17.9 Å². The van der Waals surface area contributed by atoms with Crippen molar-refractivity contribution in [2.75, 3.05) is 13.1 Å². The molecule has 4 atom stereocenters. The summed E-state index contributed by atoms with van der Waals surface area (Å²) in [5.74, 6) is 0.852. The lowest BCUT2D eigenvalue weighted by Gasteiger charge is -2.33. The number of likely N-dealkylation sites (tertiary alicyclic amines) is 1. The van der Waals surface area contributed by atoms with Crippen LogP contribution in [0.3, 0.4) is 0 Å². The summed E-state index contributed by atoms with van der Waals surface area (Å²) in [6.07, 6.45) is 4.02. The first kappa shape index (κ1) is 19.8. The van der Waals surface area contributed by atoms with E-state index in [9.17, 15) is 9.90 Å². The largest absolute Gasteiger partial charge is 0.375 e. The summed E-state index contributed by atoms with van der Waals surface area (Å²) in [5.41, 5.74) is 2.06. The summed E-state index contributed by atoms with van der Waals surface area (Å²) in [4.78, 5) is 15.9. The van der Waals surface area contributed by atoms with Crippen molar-refractivity contribution in [2.45, 2.75) is 50.8 Å². The van der Waals surface area contributed by atoms with E-state index in [4.69, 9.17) is 0 Å². The van der Waals surface area contributed by atoms with Crippen LogP contribution in [0.2, 0.25) is 0 Å². The zero-order valence-corrected chi connectivity index (χ0v) is 17.8. The lowest BCUT2D eigenvalue weighted by atomic mass is 9.79. The highest BCUT2D eigenvalue weighted by Gasteiger charge is 2.58. The Labute approximate surface area is 179 Å². The van der Waals surface area contributed by atoms with Crippen molar-refractivity contribution >= 4 is 5.91 Å². The SMILES string of the molecule is Cc1ccccc1CN1CC2C(NC(=O)C(O)(c3ccccc3)C3CCCC3)[C@H]2C1. The van der Waals surface area contributed by atoms with Gasteiger partial charge in [0.25, 0.3) is 5.91 Å². The molecular formula is C26H32N2O2. The lowest BCUT2D eigenvalue weighted by Crippen LogP contribution is -2.50. The lowest BCUT2D eigenvalue weighted by molar-refractivity contribution is -0.147. The predicted molar refractivity (Wildman–Crippen MR) is 118 cm³/mol. The highest BCUT2D eigenvalue weighted by molar-refractivity contribution is 5.87. The Kier molecular flexibility index (Phi) is 5.16. The molecular weight excluding hydrogens is 372 g/mol. The fraction of sp³-hybridized carbons (Fsp3) is 0.500. The Bertz CT molecular complexity index is 896. The Balaban J connectivity index is 1.24. The molecule has 158 valence electrons. The monoisotopic (exact) mass is 404 g/mol. The van der Waals surface area contributed by atoms with E-state index in [1.165, 1.54) is 11.1 Å². The smallest absolute Gasteiger partial charge is 0.257 e. The molecule has 0 bridgehead atoms. The maximum absolute atomic E-state index is 13.4. The summed E-state index contributed by atoms with van der Waals surface area (Å²) in [5, 5.41) is 14.9. The maximum Gasteiger partial charge on any atom is 0.257 e. The Morgan fingerprint density at radius 3 is 2.33 bits per heavy atom. The van der Waals surface area contributed by atoms with Gasteiger partial charge in [-0.15, -0.1) is 0 Å². The van der Waals surface area contributed by atoms with Gasteiger partial charge in [-0.2, -0.15) is 0 Å². The zero-order valence-electron chi connectivity index (χ0n) is 17.8. The summed E-state index contributed by atoms with van der Waals surface area (Å²) in [7, 11) is 0. The molecule has 0 radical (unpaired) electrons. The van der Waals surface area contributed by atoms with Gasteiger partial charge in [-0.1, -0.05) is 67.4 Å². The van der Waals surface area contributed by atoms with Crippen LogP contribution in [-0.2, 0) is 16.9 Å². The Hall–Kier alpha value is -2.17. The number of hydrogen-bond donors (Lipinski definition) is 2. The Morgan fingerprint density at radius 2 is 1.67 bits per heavy atom. The molecule has 2 aromatic rings. The van der Waals surface area contributed by atoms with E-state index >= 15 is 0 Å². The molecule has 0 spiro atoms. The van der Waals surface area contributed by atoms with Crippen molar-refractivity contribution < 1.29 is 9.90 Å². The van der Waals surface area contributed by atoms with Gasteiger partial charge < -0.3 is 10.4 Å². The fourth-order valence-corrected chi connectivity index (χ4v) is 5.83. The third kappa shape index (κ3) is 3.46. The van der Waals surface area contributed by atoms with Crippen molar-refractivity contribution in [3.8, 4) is 0 Å². The molecule has 1 amide bonds. The molecule has 2 aromatic carbocycles. The average molecular weight is 405 g/mol. The first-order chi connectivity index (χ1) is 14.6. The van der Waals surface area contributed by atoms with Gasteiger partial charge in [0.15, 0.2) is 5.60 Å². The van der Waals surface area contributed by atoms with E-state index < -0.39 is 5.60 Å². The highest BCUT2D eigenvalue weighted by atomic mass is 16.3. The van der Waals surface area contributed by atoms with Crippen molar-refractivity contribution in [1.29, 1.82) is 0 Å². The quantitative estimate of drug-likeness (QED) is 0.773. The number of nitrogens with one attached hydrogen (secondary N) is 1. The summed E-state index contributed by atoms with van der Waals surface area (Å²) < 4.78 is 0. The minimum Gasteiger partial charge on any atom is -0.375 e. The van der Waals surface area contributed by atoms with Crippen LogP contribution >= 0.6 is 0 Å². The minimum atomic E-state index is -1.41. The van der Waals surface area contributed by atoms with E-state index in [2.05, 4.69) is 41.4 Å². The van der Waals surface area contributed by atoms with Gasteiger partial charge in [0, 0.05) is 31.6 Å². The van der Waals surface area contributed by atoms with Gasteiger partial charge in [0.1, 0.15) is 0 Å². The molecule has 5 rings (SSSR count). The van der Waals surface area contributed by atoms with Crippen molar-refractivity contribution in [3.05, 3.63) is 71.3 Å². The number of aliphatic hydroxyl groups is 1. The van der Waals surface area contributed by atoms with E-state index in [0.29, 0.717) is 11.8 Å². The number of benzene rings is 2. The fourth-order valence-electron chi connectivity index (χ4n) is 5.83. The minimum absolute atomic E-state index is 0.0102. The molecule has 2 saturated carbocycles. The van der Waals surface area contributed by atoms with Gasteiger partial charge in [-0.25, -0.2) is 0 Å². The molecule has 3 aliphatic rings. The maximum atomic E-state index is 13.4. The molecule has 4 nitrogen and oxygen atoms in total. The van der Waals surface area contributed by atoms with Gasteiger partial charge in [-0.05, 0) is 48.3 Å². The normalized spacial score (nSPS) is 28.1. The number of rotatable bonds is 6. The third-order valence-electron chi connectivity index (χ3n) is 7.73. The Morgan fingerprint density at radius 1 is 1.03 bits per heavy atom. The molecule has 2 aliphatic carbocycles. The second kappa shape index (κ2) is 7.82. The second-order valence-corrected chi connectivity index (χ2v) is 9.56. The average Bonchev–Trinajstić information content (AvgIpc) is 3.18. The van der Waals surface area contributed by atoms with Crippen LogP contribution in [0, 0.1) is 24.7 Å². The second-order valence-electron chi connectivity index (χ2n) is 9.56. The molecule has 2 N–H and O–H groups in total. The summed E-state index contributed by atoms with van der Waals surface area (Å²) in [6, 6.07) is 18.3. The van der Waals surface area contributed by atoms with Crippen LogP contribution in [0.4, 0.5) is 0 Å². The zero-order chi connectivity index (χ0) is 20.7. The van der Waals surface area contributed by atoms with Crippen LogP contribution in [-0.4, -0.2) is 35.0 Å². The molecule has 4 heteroatoms. The van der Waals surface area contributed by atoms with Crippen LogP contribution in [0.5, 0.6) is 0 Å². The van der Waals surface area contributed by atoms with E-state index in [1.54, 1.807) is 0 Å². The molecule has 3 fully saturated rings. The number of carbonyl (C=O) groups excluding carboxylic acids is 1. The topological polar surface area (TPSA) is 52.6 Å². The summed E-state index contributed by atoms with van der Waals surface area (Å²) >= 11 is 0. The molecule has 30 heavy (non-hydrogen) atoms. The van der Waals surface area contributed by atoms with Crippen LogP contribution in [0.15, 0.2) is 54.6 Å². The predicted octanol–water partition coefficient (Wildman–Crippen LogP) is 3.62. The standard InChI is InChI=1S/C26H32N2O2/c1-18-9-5-6-10-19(18)15-28-16-22-23(17-28)24(22)27-25(29)26(30,21-13-7-8-14-21)20-11-3-2-4-12-20/h2-6,9-12,21-24,30H,7-8,13-17H2,1H3,(H,27,29)/t22-,23?,24?,26?/m0/s1. The molecule has 1 saturated heterocycles. The number of amides is 1. The van der Waals surface area contributed by atoms with Gasteiger partial charge >= 0.3 is 0 Å². The van der Waals surface area contributed by atoms with Gasteiger partial charge in [0.2, 0.25) is 0 Å². The molecule has 1 aliphatic heterocycles. The molecule has 3 unspecified atom stereocenters. The van der Waals surface area contributed by atoms with Crippen molar-refractivity contribution in [2.24, 2.45) is 17.8 Å². The summed E-state index contributed by atoms with van der Waals surface area (Å²) in [6.45, 7) is 5.20. The molecule has 1 heterocycles. The third-order valence-corrected chi connectivity index (χ3v) is 7.73. The van der Waals surface area contributed by atoms with Crippen LogP contribution in [0.1, 0.15) is 42.4 Å². The van der Waals surface area contributed by atoms with E-state index in [1.807, 2.05) is 30.3 Å². The van der Waals surface area contributed by atoms with Crippen LogP contribution < -0.4 is 5.32 Å². The van der Waals surface area contributed by atoms with Crippen molar-refractivity contribution in [3.63, 3.8) is 0 Å². The number of nitrogens with zero attached hydrogens (tertiary/aromatic N) is 1. The first-order valence-corrected chi connectivity index (χ1v) is 11.4. The van der Waals surface area contributed by atoms with Crippen LogP contribution in [0.25, 0.3) is 0 Å². The number of carbonyl (C=O) groups is 1. The van der Waals surface area contributed by atoms with E-state index in [0.717, 1.165) is 50.9 Å². The number of fused-ring (bicyclic) bond motifs is 1. The van der Waals surface area contributed by atoms with Gasteiger partial charge in [-0.3, -0.25) is 9.69 Å². The highest BCUT2D eigenvalue weighted by Crippen LogP contribution is 2.47. The number of aryl methyl sites for hydroxylation is 1. The van der Waals surface area contributed by atoms with Gasteiger partial charge in [0.05, 0.1) is 0 Å². The first-order valence-electron chi connectivity index (χ1n) is 11.4. The van der Waals surface area contributed by atoms with Crippen molar-refractivity contribution in [1.82, 2.24) is 10.2 Å². The molecule has 0 aromatic heterocycles.